The number of carbonyl (C=O) groups excluding carboxylic acids is 1. The van der Waals surface area contributed by atoms with Crippen LogP contribution in [-0.2, 0) is 11.2 Å². The van der Waals surface area contributed by atoms with Gasteiger partial charge in [0.05, 0.1) is 31.1 Å². The lowest BCUT2D eigenvalue weighted by Crippen LogP contribution is -2.56. The van der Waals surface area contributed by atoms with Crippen molar-refractivity contribution in [2.75, 3.05) is 13.1 Å². The topological polar surface area (TPSA) is 66.2 Å². The molecule has 1 fully saturated rings. The first-order valence-electron chi connectivity index (χ1n) is 8.50. The molecule has 0 N–H and O–H groups in total. The molecule has 0 unspecified atom stereocenters. The summed E-state index contributed by atoms with van der Waals surface area (Å²) in [6.07, 6.45) is 1.86. The second kappa shape index (κ2) is 6.85. The number of nitrogens with zero attached hydrogens (tertiary/aromatic N) is 3. The van der Waals surface area contributed by atoms with Crippen LogP contribution >= 0.6 is 0 Å². The summed E-state index contributed by atoms with van der Waals surface area (Å²) in [5.41, 5.74) is 1.55. The van der Waals surface area contributed by atoms with Crippen LogP contribution in [0.5, 0.6) is 5.88 Å². The van der Waals surface area contributed by atoms with Crippen LogP contribution in [0.2, 0.25) is 0 Å². The number of nitriles is 1. The number of hydrogen-bond donors (Lipinski definition) is 0. The Morgan fingerprint density at radius 2 is 2.00 bits per heavy atom. The van der Waals surface area contributed by atoms with Crippen molar-refractivity contribution in [2.45, 2.75) is 12.5 Å². The molecule has 0 radical (unpaired) electrons. The molecule has 0 bridgehead atoms. The summed E-state index contributed by atoms with van der Waals surface area (Å²) in [4.78, 5) is 18.4. The van der Waals surface area contributed by atoms with Gasteiger partial charge < -0.3 is 9.64 Å². The van der Waals surface area contributed by atoms with E-state index in [-0.39, 0.29) is 12.0 Å². The third kappa shape index (κ3) is 3.22. The van der Waals surface area contributed by atoms with E-state index in [1.165, 1.54) is 0 Å². The first-order valence-corrected chi connectivity index (χ1v) is 8.50. The second-order valence-electron chi connectivity index (χ2n) is 6.35. The van der Waals surface area contributed by atoms with Crippen molar-refractivity contribution in [2.24, 2.45) is 0 Å². The summed E-state index contributed by atoms with van der Waals surface area (Å²) in [6, 6.07) is 19.4. The smallest absolute Gasteiger partial charge is 0.227 e. The Hall–Kier alpha value is -3.39. The van der Waals surface area contributed by atoms with Gasteiger partial charge in [-0.3, -0.25) is 4.79 Å². The summed E-state index contributed by atoms with van der Waals surface area (Å²) in [6.45, 7) is 1.09. The molecule has 1 amide bonds. The Balaban J connectivity index is 1.37. The van der Waals surface area contributed by atoms with Gasteiger partial charge >= 0.3 is 0 Å². The molecule has 2 heterocycles. The predicted octanol–water partition coefficient (Wildman–Crippen LogP) is 2.94. The van der Waals surface area contributed by atoms with E-state index in [0.29, 0.717) is 31.0 Å². The molecule has 26 heavy (non-hydrogen) atoms. The summed E-state index contributed by atoms with van der Waals surface area (Å²) in [5.74, 6) is 0.523. The Morgan fingerprint density at radius 1 is 1.19 bits per heavy atom. The Morgan fingerprint density at radius 3 is 2.85 bits per heavy atom. The number of carbonyl (C=O) groups is 1. The van der Waals surface area contributed by atoms with Crippen LogP contribution in [0.1, 0.15) is 11.1 Å². The molecule has 1 aliphatic rings. The number of amides is 1. The van der Waals surface area contributed by atoms with Crippen LogP contribution in [-0.4, -0.2) is 35.0 Å². The lowest BCUT2D eigenvalue weighted by Gasteiger charge is -2.38. The number of likely N-dealkylation sites (tertiary alicyclic amines) is 1. The van der Waals surface area contributed by atoms with Gasteiger partial charge in [-0.25, -0.2) is 4.98 Å². The standard InChI is InChI=1S/C21H17N3O2/c22-12-15-8-9-23-20(10-15)26-18-13-24(14-18)21(25)11-17-6-3-5-16-4-1-2-7-19(16)17/h1-10,18H,11,13-14H2. The fourth-order valence-corrected chi connectivity index (χ4v) is 3.15. The first kappa shape index (κ1) is 16.1. The number of benzene rings is 2. The van der Waals surface area contributed by atoms with Gasteiger partial charge in [0.1, 0.15) is 6.10 Å². The van der Waals surface area contributed by atoms with E-state index in [4.69, 9.17) is 10.00 Å². The van der Waals surface area contributed by atoms with E-state index in [2.05, 4.69) is 23.2 Å². The largest absolute Gasteiger partial charge is 0.471 e. The summed E-state index contributed by atoms with van der Waals surface area (Å²) >= 11 is 0. The third-order valence-corrected chi connectivity index (χ3v) is 4.57. The molecule has 0 saturated carbocycles. The second-order valence-corrected chi connectivity index (χ2v) is 6.35. The Bertz CT molecular complexity index is 998. The van der Waals surface area contributed by atoms with Crippen molar-refractivity contribution in [3.05, 3.63) is 71.9 Å². The minimum atomic E-state index is -0.0760. The molecule has 1 aliphatic heterocycles. The Labute approximate surface area is 151 Å². The normalized spacial score (nSPS) is 13.9. The van der Waals surface area contributed by atoms with E-state index >= 15 is 0 Å². The zero-order valence-corrected chi connectivity index (χ0v) is 14.1. The number of hydrogen-bond acceptors (Lipinski definition) is 4. The lowest BCUT2D eigenvalue weighted by molar-refractivity contribution is -0.139. The van der Waals surface area contributed by atoms with Crippen molar-refractivity contribution in [3.8, 4) is 11.9 Å². The van der Waals surface area contributed by atoms with E-state index in [0.717, 1.165) is 16.3 Å². The summed E-state index contributed by atoms with van der Waals surface area (Å²) in [5, 5.41) is 11.2. The maximum atomic E-state index is 12.5. The van der Waals surface area contributed by atoms with Gasteiger partial charge in [-0.05, 0) is 22.4 Å². The molecular formula is C21H17N3O2. The predicted molar refractivity (Wildman–Crippen MR) is 97.6 cm³/mol. The maximum absolute atomic E-state index is 12.5. The third-order valence-electron chi connectivity index (χ3n) is 4.57. The van der Waals surface area contributed by atoms with Crippen molar-refractivity contribution in [3.63, 3.8) is 0 Å². The van der Waals surface area contributed by atoms with Gasteiger partial charge in [0.15, 0.2) is 0 Å². The highest BCUT2D eigenvalue weighted by atomic mass is 16.5. The van der Waals surface area contributed by atoms with Gasteiger partial charge in [-0.15, -0.1) is 0 Å². The molecule has 0 spiro atoms. The van der Waals surface area contributed by atoms with Gasteiger partial charge in [0, 0.05) is 12.3 Å². The molecule has 0 aliphatic carbocycles. The maximum Gasteiger partial charge on any atom is 0.227 e. The lowest BCUT2D eigenvalue weighted by atomic mass is 10.0. The SMILES string of the molecule is N#Cc1ccnc(OC2CN(C(=O)Cc3cccc4ccccc34)C2)c1. The fraction of sp³-hybridized carbons (Fsp3) is 0.190. The highest BCUT2D eigenvalue weighted by Crippen LogP contribution is 2.22. The van der Waals surface area contributed by atoms with Gasteiger partial charge in [-0.1, -0.05) is 42.5 Å². The van der Waals surface area contributed by atoms with E-state index in [9.17, 15) is 4.79 Å². The number of ether oxygens (including phenoxy) is 1. The zero-order chi connectivity index (χ0) is 17.9. The van der Waals surface area contributed by atoms with E-state index < -0.39 is 0 Å². The van der Waals surface area contributed by atoms with E-state index in [1.54, 1.807) is 23.2 Å². The van der Waals surface area contributed by atoms with Crippen LogP contribution in [0.15, 0.2) is 60.8 Å². The molecule has 1 aromatic heterocycles. The average Bonchev–Trinajstić information content (AvgIpc) is 2.64. The molecular weight excluding hydrogens is 326 g/mol. The van der Waals surface area contributed by atoms with Crippen LogP contribution < -0.4 is 4.74 Å². The molecule has 0 atom stereocenters. The van der Waals surface area contributed by atoms with Gasteiger partial charge in [-0.2, -0.15) is 5.26 Å². The quantitative estimate of drug-likeness (QED) is 0.730. The molecule has 128 valence electrons. The summed E-state index contributed by atoms with van der Waals surface area (Å²) < 4.78 is 5.74. The molecule has 4 rings (SSSR count). The molecule has 5 heteroatoms. The number of rotatable bonds is 4. The van der Waals surface area contributed by atoms with E-state index in [1.807, 2.05) is 30.3 Å². The van der Waals surface area contributed by atoms with Crippen molar-refractivity contribution in [1.82, 2.24) is 9.88 Å². The molecule has 1 saturated heterocycles. The Kier molecular flexibility index (Phi) is 4.24. The van der Waals surface area contributed by atoms with Gasteiger partial charge in [0.25, 0.3) is 0 Å². The minimum Gasteiger partial charge on any atom is -0.471 e. The minimum absolute atomic E-state index is 0.0760. The average molecular weight is 343 g/mol. The molecule has 3 aromatic rings. The zero-order valence-electron chi connectivity index (χ0n) is 14.1. The first-order chi connectivity index (χ1) is 12.7. The highest BCUT2D eigenvalue weighted by Gasteiger charge is 2.32. The van der Waals surface area contributed by atoms with Crippen molar-refractivity contribution >= 4 is 16.7 Å². The van der Waals surface area contributed by atoms with Gasteiger partial charge in [0.2, 0.25) is 11.8 Å². The van der Waals surface area contributed by atoms with Crippen LogP contribution in [0, 0.1) is 11.3 Å². The summed E-state index contributed by atoms with van der Waals surface area (Å²) in [7, 11) is 0. The van der Waals surface area contributed by atoms with Crippen molar-refractivity contribution < 1.29 is 9.53 Å². The van der Waals surface area contributed by atoms with Crippen LogP contribution in [0.3, 0.4) is 0 Å². The van der Waals surface area contributed by atoms with Crippen LogP contribution in [0.4, 0.5) is 0 Å². The molecule has 2 aromatic carbocycles. The fourth-order valence-electron chi connectivity index (χ4n) is 3.15. The van der Waals surface area contributed by atoms with Crippen molar-refractivity contribution in [1.29, 1.82) is 5.26 Å². The highest BCUT2D eigenvalue weighted by molar-refractivity contribution is 5.90. The number of aromatic nitrogens is 1. The van der Waals surface area contributed by atoms with Crippen LogP contribution in [0.25, 0.3) is 10.8 Å². The molecule has 5 nitrogen and oxygen atoms in total. The number of pyridine rings is 1. The number of fused-ring (bicyclic) bond motifs is 1. The monoisotopic (exact) mass is 343 g/mol.